The summed E-state index contributed by atoms with van der Waals surface area (Å²) in [5.74, 6) is -0.565. The van der Waals surface area contributed by atoms with Crippen LogP contribution in [0.3, 0.4) is 0 Å². The molecule has 1 heterocycles. The number of esters is 1. The van der Waals surface area contributed by atoms with Crippen molar-refractivity contribution in [2.45, 2.75) is 13.8 Å². The molecule has 13 heavy (non-hydrogen) atoms. The van der Waals surface area contributed by atoms with Crippen LogP contribution in [-0.2, 0) is 9.53 Å². The summed E-state index contributed by atoms with van der Waals surface area (Å²) < 4.78 is 4.60. The van der Waals surface area contributed by atoms with Crippen molar-refractivity contribution in [3.05, 3.63) is 21.9 Å². The second-order valence-electron chi connectivity index (χ2n) is 2.64. The molecule has 0 aliphatic rings. The van der Waals surface area contributed by atoms with Gasteiger partial charge in [0, 0.05) is 6.92 Å². The van der Waals surface area contributed by atoms with Gasteiger partial charge in [-0.25, -0.2) is 0 Å². The zero-order valence-corrected chi connectivity index (χ0v) is 8.31. The molecule has 0 aromatic carbocycles. The van der Waals surface area contributed by atoms with Crippen molar-refractivity contribution in [1.29, 1.82) is 0 Å². The van der Waals surface area contributed by atoms with Crippen LogP contribution >= 0.6 is 11.3 Å². The molecule has 0 bridgehead atoms. The third-order valence-electron chi connectivity index (χ3n) is 1.52. The van der Waals surface area contributed by atoms with Crippen LogP contribution in [0.4, 0.5) is 0 Å². The molecule has 4 heteroatoms. The van der Waals surface area contributed by atoms with Gasteiger partial charge in [-0.2, -0.15) is 0 Å². The van der Waals surface area contributed by atoms with E-state index in [4.69, 9.17) is 0 Å². The fourth-order valence-electron chi connectivity index (χ4n) is 0.891. The standard InChI is InChI=1S/C9H10O3S/c1-6-3-4-13-9(6)8(11)5-12-7(2)10/h3-4H,5H2,1-2H3. The molecule has 0 saturated heterocycles. The molecule has 0 aliphatic carbocycles. The van der Waals surface area contributed by atoms with Crippen LogP contribution < -0.4 is 0 Å². The lowest BCUT2D eigenvalue weighted by Gasteiger charge is -1.99. The lowest BCUT2D eigenvalue weighted by molar-refractivity contribution is -0.139. The van der Waals surface area contributed by atoms with E-state index in [1.54, 1.807) is 0 Å². The molecule has 3 nitrogen and oxygen atoms in total. The molecule has 0 radical (unpaired) electrons. The van der Waals surface area contributed by atoms with Gasteiger partial charge in [-0.15, -0.1) is 11.3 Å². The SMILES string of the molecule is CC(=O)OCC(=O)c1sccc1C. The fourth-order valence-corrected chi connectivity index (χ4v) is 1.74. The first-order valence-corrected chi connectivity index (χ1v) is 4.70. The summed E-state index contributed by atoms with van der Waals surface area (Å²) in [6, 6.07) is 1.87. The molecule has 0 amide bonds. The summed E-state index contributed by atoms with van der Waals surface area (Å²) in [5.41, 5.74) is 0.933. The Kier molecular flexibility index (Phi) is 3.19. The van der Waals surface area contributed by atoms with Crippen LogP contribution in [0, 0.1) is 6.92 Å². The largest absolute Gasteiger partial charge is 0.457 e. The Hall–Kier alpha value is -1.16. The van der Waals surface area contributed by atoms with Gasteiger partial charge in [0.25, 0.3) is 0 Å². The van der Waals surface area contributed by atoms with Crippen LogP contribution in [0.25, 0.3) is 0 Å². The third kappa shape index (κ3) is 2.66. The molecule has 1 rings (SSSR count). The Morgan fingerprint density at radius 2 is 2.23 bits per heavy atom. The van der Waals surface area contributed by atoms with Crippen molar-refractivity contribution in [3.8, 4) is 0 Å². The third-order valence-corrected chi connectivity index (χ3v) is 2.58. The fraction of sp³-hybridized carbons (Fsp3) is 0.333. The van der Waals surface area contributed by atoms with Crippen LogP contribution in [-0.4, -0.2) is 18.4 Å². The van der Waals surface area contributed by atoms with Gasteiger partial charge in [-0.05, 0) is 23.9 Å². The zero-order valence-electron chi connectivity index (χ0n) is 7.49. The first kappa shape index (κ1) is 9.92. The lowest BCUT2D eigenvalue weighted by Crippen LogP contribution is -2.11. The molecular weight excluding hydrogens is 188 g/mol. The number of carbonyl (C=O) groups is 2. The number of hydrogen-bond donors (Lipinski definition) is 0. The van der Waals surface area contributed by atoms with Crippen molar-refractivity contribution in [1.82, 2.24) is 0 Å². The van der Waals surface area contributed by atoms with E-state index in [2.05, 4.69) is 4.74 Å². The smallest absolute Gasteiger partial charge is 0.303 e. The number of carbonyl (C=O) groups excluding carboxylic acids is 2. The molecule has 70 valence electrons. The van der Waals surface area contributed by atoms with E-state index >= 15 is 0 Å². The van der Waals surface area contributed by atoms with Gasteiger partial charge in [-0.1, -0.05) is 0 Å². The number of ether oxygens (including phenoxy) is 1. The lowest BCUT2D eigenvalue weighted by atomic mass is 10.2. The van der Waals surface area contributed by atoms with Gasteiger partial charge in [0.1, 0.15) is 0 Å². The minimum atomic E-state index is -0.428. The van der Waals surface area contributed by atoms with Gasteiger partial charge in [0.15, 0.2) is 6.61 Å². The van der Waals surface area contributed by atoms with Gasteiger partial charge >= 0.3 is 5.97 Å². The highest BCUT2D eigenvalue weighted by Crippen LogP contribution is 2.15. The average Bonchev–Trinajstić information content (AvgIpc) is 2.47. The molecule has 0 fully saturated rings. The topological polar surface area (TPSA) is 43.4 Å². The molecule has 1 aromatic heterocycles. The molecule has 0 saturated carbocycles. The molecule has 1 aromatic rings. The average molecular weight is 198 g/mol. The van der Waals surface area contributed by atoms with E-state index in [9.17, 15) is 9.59 Å². The maximum absolute atomic E-state index is 11.4. The highest BCUT2D eigenvalue weighted by atomic mass is 32.1. The van der Waals surface area contributed by atoms with Crippen molar-refractivity contribution >= 4 is 23.1 Å². The van der Waals surface area contributed by atoms with Gasteiger partial charge in [-0.3, -0.25) is 9.59 Å². The number of rotatable bonds is 3. The van der Waals surface area contributed by atoms with E-state index in [-0.39, 0.29) is 12.4 Å². The van der Waals surface area contributed by atoms with Crippen molar-refractivity contribution in [3.63, 3.8) is 0 Å². The van der Waals surface area contributed by atoms with E-state index in [0.29, 0.717) is 4.88 Å². The Labute approximate surface area is 80.3 Å². The van der Waals surface area contributed by atoms with Gasteiger partial charge in [0.05, 0.1) is 4.88 Å². The van der Waals surface area contributed by atoms with Crippen LogP contribution in [0.5, 0.6) is 0 Å². The quantitative estimate of drug-likeness (QED) is 0.549. The number of aryl methyl sites for hydroxylation is 1. The second kappa shape index (κ2) is 4.18. The number of Topliss-reactive ketones (excluding diaryl/α,β-unsaturated/α-hetero) is 1. The summed E-state index contributed by atoms with van der Waals surface area (Å²) in [7, 11) is 0. The summed E-state index contributed by atoms with van der Waals surface area (Å²) in [6.45, 7) is 2.99. The molecule has 0 aliphatic heterocycles. The maximum Gasteiger partial charge on any atom is 0.303 e. The van der Waals surface area contributed by atoms with E-state index in [1.807, 2.05) is 18.4 Å². The first-order valence-electron chi connectivity index (χ1n) is 3.82. The highest BCUT2D eigenvalue weighted by molar-refractivity contribution is 7.12. The summed E-state index contributed by atoms with van der Waals surface area (Å²) >= 11 is 1.37. The number of thiophene rings is 1. The predicted molar refractivity (Wildman–Crippen MR) is 50.0 cm³/mol. The monoisotopic (exact) mass is 198 g/mol. The van der Waals surface area contributed by atoms with Crippen molar-refractivity contribution < 1.29 is 14.3 Å². The summed E-state index contributed by atoms with van der Waals surface area (Å²) in [4.78, 5) is 22.5. The summed E-state index contributed by atoms with van der Waals surface area (Å²) in [5, 5.41) is 1.84. The Morgan fingerprint density at radius 1 is 1.54 bits per heavy atom. The van der Waals surface area contributed by atoms with E-state index in [0.717, 1.165) is 5.56 Å². The Balaban J connectivity index is 2.59. The molecule has 0 unspecified atom stereocenters. The summed E-state index contributed by atoms with van der Waals surface area (Å²) in [6.07, 6.45) is 0. The predicted octanol–water partition coefficient (Wildman–Crippen LogP) is 1.80. The second-order valence-corrected chi connectivity index (χ2v) is 3.55. The number of hydrogen-bond acceptors (Lipinski definition) is 4. The van der Waals surface area contributed by atoms with Crippen LogP contribution in [0.1, 0.15) is 22.2 Å². The Bertz CT molecular complexity index is 327. The molecular formula is C9H10O3S. The van der Waals surface area contributed by atoms with Crippen molar-refractivity contribution in [2.24, 2.45) is 0 Å². The minimum absolute atomic E-state index is 0.136. The van der Waals surface area contributed by atoms with Gasteiger partial charge in [0.2, 0.25) is 5.78 Å². The first-order chi connectivity index (χ1) is 6.11. The van der Waals surface area contributed by atoms with E-state index in [1.165, 1.54) is 18.3 Å². The molecule has 0 atom stereocenters. The highest BCUT2D eigenvalue weighted by Gasteiger charge is 2.11. The normalized spacial score (nSPS) is 9.69. The number of ketones is 1. The van der Waals surface area contributed by atoms with Gasteiger partial charge < -0.3 is 4.74 Å². The minimum Gasteiger partial charge on any atom is -0.457 e. The maximum atomic E-state index is 11.4. The molecule has 0 N–H and O–H groups in total. The van der Waals surface area contributed by atoms with Crippen LogP contribution in [0.2, 0.25) is 0 Å². The molecule has 0 spiro atoms. The van der Waals surface area contributed by atoms with Crippen molar-refractivity contribution in [2.75, 3.05) is 6.61 Å². The van der Waals surface area contributed by atoms with Crippen LogP contribution in [0.15, 0.2) is 11.4 Å². The van der Waals surface area contributed by atoms with E-state index < -0.39 is 5.97 Å². The Morgan fingerprint density at radius 3 is 2.69 bits per heavy atom. The zero-order chi connectivity index (χ0) is 9.84.